The number of aliphatic imine (C=N–C) groups is 1. The van der Waals surface area contributed by atoms with Gasteiger partial charge in [0.1, 0.15) is 0 Å². The van der Waals surface area contributed by atoms with Gasteiger partial charge in [-0.3, -0.25) is 4.99 Å². The lowest BCUT2D eigenvalue weighted by atomic mass is 10.0. The van der Waals surface area contributed by atoms with E-state index < -0.39 is 5.97 Å². The average Bonchev–Trinajstić information content (AvgIpc) is 2.17. The number of fused-ring (bicyclic) bond motifs is 1. The summed E-state index contributed by atoms with van der Waals surface area (Å²) in [5.74, 6) is -0.894. The van der Waals surface area contributed by atoms with Crippen LogP contribution < -0.4 is 5.32 Å². The van der Waals surface area contributed by atoms with Crippen LogP contribution in [0.25, 0.3) is 0 Å². The highest BCUT2D eigenvalue weighted by molar-refractivity contribution is 6.14. The largest absolute Gasteiger partial charge is 0.478 e. The number of nitrogens with zero attached hydrogens (tertiary/aromatic N) is 1. The zero-order valence-corrected chi connectivity index (χ0v) is 6.82. The van der Waals surface area contributed by atoms with E-state index in [1.54, 1.807) is 18.5 Å². The van der Waals surface area contributed by atoms with Crippen LogP contribution >= 0.6 is 0 Å². The molecule has 2 N–H and O–H groups in total. The molecule has 0 unspecified atom stereocenters. The van der Waals surface area contributed by atoms with Gasteiger partial charge in [-0.1, -0.05) is 6.08 Å². The quantitative estimate of drug-likeness (QED) is 0.621. The molecule has 0 radical (unpaired) electrons. The molecule has 2 rings (SSSR count). The Balaban J connectivity index is 2.47. The molecule has 0 atom stereocenters. The highest BCUT2D eigenvalue weighted by Gasteiger charge is 2.20. The van der Waals surface area contributed by atoms with Crippen LogP contribution in [0.15, 0.2) is 40.8 Å². The maximum absolute atomic E-state index is 10.8. The summed E-state index contributed by atoms with van der Waals surface area (Å²) in [6.45, 7) is 0. The first kappa shape index (κ1) is 7.79. The van der Waals surface area contributed by atoms with Gasteiger partial charge in [-0.05, 0) is 6.08 Å². The molecule has 4 nitrogen and oxygen atoms in total. The van der Waals surface area contributed by atoms with Gasteiger partial charge in [0.2, 0.25) is 0 Å². The third kappa shape index (κ3) is 1.26. The van der Waals surface area contributed by atoms with E-state index in [2.05, 4.69) is 10.3 Å². The van der Waals surface area contributed by atoms with Gasteiger partial charge in [0, 0.05) is 18.8 Å². The molecule has 13 heavy (non-hydrogen) atoms. The third-order valence-corrected chi connectivity index (χ3v) is 1.93. The Kier molecular flexibility index (Phi) is 1.73. The Labute approximate surface area is 75.0 Å². The van der Waals surface area contributed by atoms with E-state index >= 15 is 0 Å². The van der Waals surface area contributed by atoms with Gasteiger partial charge in [-0.15, -0.1) is 0 Å². The standard InChI is InChI=1S/C9H8N2O2/c12-9(13)6-2-1-3-7-8(6)11-5-4-10-7/h1,3-5,11H,2H2,(H,12,13). The molecule has 4 heteroatoms. The first-order valence-electron chi connectivity index (χ1n) is 3.92. The number of nitrogens with one attached hydrogen (secondary N) is 1. The van der Waals surface area contributed by atoms with Gasteiger partial charge in [0.15, 0.2) is 0 Å². The molecule has 0 aromatic heterocycles. The minimum Gasteiger partial charge on any atom is -0.478 e. The normalized spacial score (nSPS) is 19.2. The molecule has 0 amide bonds. The lowest BCUT2D eigenvalue weighted by molar-refractivity contribution is -0.132. The summed E-state index contributed by atoms with van der Waals surface area (Å²) in [5.41, 5.74) is 1.66. The fraction of sp³-hybridized carbons (Fsp3) is 0.111. The van der Waals surface area contributed by atoms with Gasteiger partial charge in [-0.25, -0.2) is 4.79 Å². The molecule has 0 aromatic rings. The molecule has 1 aliphatic carbocycles. The van der Waals surface area contributed by atoms with Crippen LogP contribution in [0.4, 0.5) is 0 Å². The van der Waals surface area contributed by atoms with E-state index in [4.69, 9.17) is 5.11 Å². The predicted molar refractivity (Wildman–Crippen MR) is 48.1 cm³/mol. The molecule has 0 saturated heterocycles. The van der Waals surface area contributed by atoms with Crippen molar-refractivity contribution in [2.45, 2.75) is 6.42 Å². The number of hydrogen-bond donors (Lipinski definition) is 2. The van der Waals surface area contributed by atoms with Crippen LogP contribution in [-0.2, 0) is 4.79 Å². The van der Waals surface area contributed by atoms with Crippen molar-refractivity contribution in [3.63, 3.8) is 0 Å². The molecule has 0 saturated carbocycles. The van der Waals surface area contributed by atoms with E-state index in [-0.39, 0.29) is 0 Å². The molecule has 1 heterocycles. The number of carboxylic acid groups (broad SMARTS) is 1. The molecular formula is C9H8N2O2. The van der Waals surface area contributed by atoms with Crippen LogP contribution in [-0.4, -0.2) is 16.8 Å². The minimum absolute atomic E-state index is 0.366. The Morgan fingerprint density at radius 1 is 1.62 bits per heavy atom. The third-order valence-electron chi connectivity index (χ3n) is 1.93. The first-order valence-corrected chi connectivity index (χ1v) is 3.92. The molecule has 0 fully saturated rings. The summed E-state index contributed by atoms with van der Waals surface area (Å²) in [7, 11) is 0. The molecule has 0 aromatic carbocycles. The zero-order valence-electron chi connectivity index (χ0n) is 6.82. The summed E-state index contributed by atoms with van der Waals surface area (Å²) < 4.78 is 0. The van der Waals surface area contributed by atoms with Crippen LogP contribution in [0.5, 0.6) is 0 Å². The van der Waals surface area contributed by atoms with Crippen molar-refractivity contribution in [2.75, 3.05) is 0 Å². The molecule has 1 aliphatic heterocycles. The van der Waals surface area contributed by atoms with E-state index in [0.717, 1.165) is 0 Å². The number of allylic oxidation sites excluding steroid dienone is 2. The fourth-order valence-corrected chi connectivity index (χ4v) is 1.33. The van der Waals surface area contributed by atoms with Crippen molar-refractivity contribution in [1.29, 1.82) is 0 Å². The number of carbonyl (C=O) groups is 1. The predicted octanol–water partition coefficient (Wildman–Crippen LogP) is 0.800. The molecule has 0 bridgehead atoms. The minimum atomic E-state index is -0.894. The lowest BCUT2D eigenvalue weighted by Gasteiger charge is -2.17. The Morgan fingerprint density at radius 2 is 2.46 bits per heavy atom. The van der Waals surface area contributed by atoms with Gasteiger partial charge >= 0.3 is 5.97 Å². The number of rotatable bonds is 1. The number of hydrogen-bond acceptors (Lipinski definition) is 3. The summed E-state index contributed by atoms with van der Waals surface area (Å²) in [6, 6.07) is 0. The van der Waals surface area contributed by atoms with Gasteiger partial charge in [0.25, 0.3) is 0 Å². The first-order chi connectivity index (χ1) is 6.29. The molecule has 66 valence electrons. The van der Waals surface area contributed by atoms with Crippen molar-refractivity contribution in [3.05, 3.63) is 35.8 Å². The topological polar surface area (TPSA) is 61.7 Å². The van der Waals surface area contributed by atoms with Crippen molar-refractivity contribution >= 4 is 11.7 Å². The van der Waals surface area contributed by atoms with E-state index in [9.17, 15) is 4.79 Å². The van der Waals surface area contributed by atoms with E-state index in [0.29, 0.717) is 23.4 Å². The fourth-order valence-electron chi connectivity index (χ4n) is 1.33. The molecule has 0 spiro atoms. The average molecular weight is 176 g/mol. The number of aliphatic carboxylic acids is 1. The van der Waals surface area contributed by atoms with Gasteiger partial charge < -0.3 is 10.4 Å². The SMILES string of the molecule is O=C(O)C1=C2NC=CN=C2C=CC1. The highest BCUT2D eigenvalue weighted by Crippen LogP contribution is 2.17. The van der Waals surface area contributed by atoms with Crippen molar-refractivity contribution in [2.24, 2.45) is 4.99 Å². The second kappa shape index (κ2) is 2.90. The zero-order chi connectivity index (χ0) is 9.26. The van der Waals surface area contributed by atoms with Crippen LogP contribution in [0.3, 0.4) is 0 Å². The Hall–Kier alpha value is -1.84. The summed E-state index contributed by atoms with van der Waals surface area (Å²) >= 11 is 0. The van der Waals surface area contributed by atoms with Crippen LogP contribution in [0, 0.1) is 0 Å². The van der Waals surface area contributed by atoms with Gasteiger partial charge in [-0.2, -0.15) is 0 Å². The second-order valence-corrected chi connectivity index (χ2v) is 2.74. The van der Waals surface area contributed by atoms with Crippen LogP contribution in [0.1, 0.15) is 6.42 Å². The van der Waals surface area contributed by atoms with E-state index in [1.807, 2.05) is 6.08 Å². The molecule has 2 aliphatic rings. The molecular weight excluding hydrogens is 168 g/mol. The Bertz CT molecular complexity index is 375. The monoisotopic (exact) mass is 176 g/mol. The smallest absolute Gasteiger partial charge is 0.334 e. The summed E-state index contributed by atoms with van der Waals surface area (Å²) in [4.78, 5) is 14.8. The van der Waals surface area contributed by atoms with Crippen molar-refractivity contribution < 1.29 is 9.90 Å². The second-order valence-electron chi connectivity index (χ2n) is 2.74. The van der Waals surface area contributed by atoms with Crippen LogP contribution in [0.2, 0.25) is 0 Å². The highest BCUT2D eigenvalue weighted by atomic mass is 16.4. The van der Waals surface area contributed by atoms with Gasteiger partial charge in [0.05, 0.1) is 17.0 Å². The summed E-state index contributed by atoms with van der Waals surface area (Å²) in [6.07, 6.45) is 7.30. The maximum Gasteiger partial charge on any atom is 0.334 e. The summed E-state index contributed by atoms with van der Waals surface area (Å²) in [5, 5.41) is 11.8. The van der Waals surface area contributed by atoms with E-state index in [1.165, 1.54) is 0 Å². The van der Waals surface area contributed by atoms with Crippen molar-refractivity contribution in [1.82, 2.24) is 5.32 Å². The van der Waals surface area contributed by atoms with Crippen molar-refractivity contribution in [3.8, 4) is 0 Å². The Morgan fingerprint density at radius 3 is 3.23 bits per heavy atom. The lowest BCUT2D eigenvalue weighted by Crippen LogP contribution is -2.24. The maximum atomic E-state index is 10.8. The number of carboxylic acids is 1.